The van der Waals surface area contributed by atoms with Crippen LogP contribution in [0.5, 0.6) is 0 Å². The maximum atomic E-state index is 10.8. The Morgan fingerprint density at radius 3 is 2.29 bits per heavy atom. The summed E-state index contributed by atoms with van der Waals surface area (Å²) >= 11 is -2.20. The molecule has 1 heterocycles. The van der Waals surface area contributed by atoms with E-state index in [0.29, 0.717) is 5.69 Å². The number of rotatable bonds is 1. The van der Waals surface area contributed by atoms with E-state index >= 15 is 0 Å². The van der Waals surface area contributed by atoms with Gasteiger partial charge >= 0.3 is 29.6 Å². The van der Waals surface area contributed by atoms with Crippen molar-refractivity contribution >= 4 is 11.1 Å². The third-order valence-corrected chi connectivity index (χ3v) is 2.34. The summed E-state index contributed by atoms with van der Waals surface area (Å²) in [7, 11) is 1.71. The molecule has 0 aliphatic carbocycles. The van der Waals surface area contributed by atoms with Crippen LogP contribution in [0.25, 0.3) is 0 Å². The summed E-state index contributed by atoms with van der Waals surface area (Å²) in [5.74, 6) is 0. The second kappa shape index (κ2) is 4.90. The fourth-order valence-electron chi connectivity index (χ4n) is 1.11. The monoisotopic (exact) mass is 224 g/mol. The molecule has 0 aliphatic heterocycles. The van der Waals surface area contributed by atoms with Crippen LogP contribution < -0.4 is 29.6 Å². The topological polar surface area (TPSA) is 58.0 Å². The quantitative estimate of drug-likeness (QED) is 0.408. The average molecular weight is 224 g/mol. The van der Waals surface area contributed by atoms with Gasteiger partial charge in [0.2, 0.25) is 0 Å². The molecular formula is C8H13N2NaO2S. The molecule has 1 rings (SSSR count). The maximum Gasteiger partial charge on any atom is 1.00 e. The molecule has 0 bridgehead atoms. The largest absolute Gasteiger partial charge is 1.00 e. The van der Waals surface area contributed by atoms with E-state index in [1.165, 1.54) is 10.9 Å². The first-order chi connectivity index (χ1) is 5.82. The van der Waals surface area contributed by atoms with Gasteiger partial charge in [0.05, 0.1) is 10.6 Å². The summed E-state index contributed by atoms with van der Waals surface area (Å²) in [6, 6.07) is 0. The first kappa shape index (κ1) is 14.3. The minimum absolute atomic E-state index is 0. The number of hydrogen-bond acceptors (Lipinski definition) is 3. The van der Waals surface area contributed by atoms with E-state index < -0.39 is 11.1 Å². The smallest absolute Gasteiger partial charge is 0.768 e. The standard InChI is InChI=1S/C8H14N2O2S.Na/c1-8(2,3)7-6(13(11)12)5-10(4)9-7;/h5H,1-4H3,(H,11,12);/q;+1/p-1. The molecule has 0 N–H and O–H groups in total. The summed E-state index contributed by atoms with van der Waals surface area (Å²) in [6.07, 6.45) is 1.52. The molecule has 1 unspecified atom stereocenters. The van der Waals surface area contributed by atoms with Gasteiger partial charge in [0.1, 0.15) is 0 Å². The van der Waals surface area contributed by atoms with Gasteiger partial charge in [0, 0.05) is 18.7 Å². The van der Waals surface area contributed by atoms with Crippen LogP contribution in [0.15, 0.2) is 11.1 Å². The van der Waals surface area contributed by atoms with Gasteiger partial charge < -0.3 is 4.55 Å². The Morgan fingerprint density at radius 2 is 2.00 bits per heavy atom. The molecule has 0 spiro atoms. The van der Waals surface area contributed by atoms with Crippen molar-refractivity contribution in [1.29, 1.82) is 0 Å². The molecule has 1 atom stereocenters. The van der Waals surface area contributed by atoms with Gasteiger partial charge in [-0.25, -0.2) is 0 Å². The Bertz CT molecular complexity index is 344. The van der Waals surface area contributed by atoms with Crippen molar-refractivity contribution in [2.24, 2.45) is 7.05 Å². The van der Waals surface area contributed by atoms with Crippen molar-refractivity contribution in [3.05, 3.63) is 11.9 Å². The van der Waals surface area contributed by atoms with Gasteiger partial charge in [-0.1, -0.05) is 20.8 Å². The van der Waals surface area contributed by atoms with Gasteiger partial charge in [-0.2, -0.15) is 5.10 Å². The molecule has 0 saturated carbocycles. The van der Waals surface area contributed by atoms with Crippen LogP contribution in [0, 0.1) is 0 Å². The molecule has 0 amide bonds. The van der Waals surface area contributed by atoms with Crippen LogP contribution in [0.2, 0.25) is 0 Å². The Labute approximate surface area is 109 Å². The minimum atomic E-state index is -2.20. The van der Waals surface area contributed by atoms with Crippen LogP contribution in [0.1, 0.15) is 26.5 Å². The number of hydrogen-bond donors (Lipinski definition) is 0. The first-order valence-corrected chi connectivity index (χ1v) is 5.03. The molecule has 74 valence electrons. The van der Waals surface area contributed by atoms with Crippen LogP contribution in [0.3, 0.4) is 0 Å². The second-order valence-electron chi connectivity index (χ2n) is 4.00. The Hall–Kier alpha value is 0.320. The summed E-state index contributed by atoms with van der Waals surface area (Å²) in [5, 5.41) is 4.13. The van der Waals surface area contributed by atoms with E-state index in [9.17, 15) is 8.76 Å². The van der Waals surface area contributed by atoms with Crippen molar-refractivity contribution in [2.45, 2.75) is 31.1 Å². The number of nitrogens with zero attached hydrogens (tertiary/aromatic N) is 2. The summed E-state index contributed by atoms with van der Waals surface area (Å²) in [4.78, 5) is 0.287. The Morgan fingerprint density at radius 1 is 1.50 bits per heavy atom. The van der Waals surface area contributed by atoms with E-state index in [1.807, 2.05) is 20.8 Å². The van der Waals surface area contributed by atoms with Crippen molar-refractivity contribution < 1.29 is 38.3 Å². The normalized spacial score (nSPS) is 13.5. The van der Waals surface area contributed by atoms with E-state index in [0.717, 1.165) is 0 Å². The second-order valence-corrected chi connectivity index (χ2v) is 4.91. The zero-order chi connectivity index (χ0) is 10.2. The van der Waals surface area contributed by atoms with Crippen LogP contribution in [-0.2, 0) is 23.5 Å². The number of aromatic nitrogens is 2. The number of aryl methyl sites for hydroxylation is 1. The van der Waals surface area contributed by atoms with Gasteiger partial charge in [-0.05, 0) is 11.1 Å². The van der Waals surface area contributed by atoms with Crippen molar-refractivity contribution in [3.8, 4) is 0 Å². The van der Waals surface area contributed by atoms with Crippen LogP contribution in [-0.4, -0.2) is 18.5 Å². The molecule has 1 aromatic rings. The molecule has 0 radical (unpaired) electrons. The Kier molecular flexibility index (Phi) is 5.01. The van der Waals surface area contributed by atoms with E-state index in [-0.39, 0.29) is 39.9 Å². The third-order valence-electron chi connectivity index (χ3n) is 1.69. The average Bonchev–Trinajstić information content (AvgIpc) is 2.29. The fraction of sp³-hybridized carbons (Fsp3) is 0.625. The van der Waals surface area contributed by atoms with Crippen molar-refractivity contribution in [1.82, 2.24) is 9.78 Å². The molecular weight excluding hydrogens is 211 g/mol. The zero-order valence-corrected chi connectivity index (χ0v) is 12.0. The molecule has 0 fully saturated rings. The summed E-state index contributed by atoms with van der Waals surface area (Å²) < 4.78 is 23.2. The summed E-state index contributed by atoms with van der Waals surface area (Å²) in [5.41, 5.74) is 0.375. The molecule has 1 aromatic heterocycles. The molecule has 0 saturated heterocycles. The van der Waals surface area contributed by atoms with Crippen molar-refractivity contribution in [2.75, 3.05) is 0 Å². The van der Waals surface area contributed by atoms with E-state index in [2.05, 4.69) is 5.10 Å². The predicted octanol–water partition coefficient (Wildman–Crippen LogP) is -2.04. The molecule has 14 heavy (non-hydrogen) atoms. The first-order valence-electron chi connectivity index (χ1n) is 3.96. The minimum Gasteiger partial charge on any atom is -0.768 e. The molecule has 0 aromatic carbocycles. The van der Waals surface area contributed by atoms with Gasteiger partial charge in [-0.15, -0.1) is 0 Å². The zero-order valence-electron chi connectivity index (χ0n) is 9.20. The van der Waals surface area contributed by atoms with E-state index in [4.69, 9.17) is 0 Å². The Balaban J connectivity index is 0.00000169. The summed E-state index contributed by atoms with van der Waals surface area (Å²) in [6.45, 7) is 5.81. The molecule has 6 heteroatoms. The van der Waals surface area contributed by atoms with Crippen molar-refractivity contribution in [3.63, 3.8) is 0 Å². The van der Waals surface area contributed by atoms with Gasteiger partial charge in [0.15, 0.2) is 0 Å². The van der Waals surface area contributed by atoms with E-state index in [1.54, 1.807) is 7.05 Å². The fourth-order valence-corrected chi connectivity index (χ4v) is 1.85. The van der Waals surface area contributed by atoms with Gasteiger partial charge in [0.25, 0.3) is 0 Å². The van der Waals surface area contributed by atoms with Crippen LogP contribution in [0.4, 0.5) is 0 Å². The maximum absolute atomic E-state index is 10.8. The third kappa shape index (κ3) is 3.17. The molecule has 4 nitrogen and oxygen atoms in total. The van der Waals surface area contributed by atoms with Crippen LogP contribution >= 0.6 is 0 Å². The molecule has 0 aliphatic rings. The van der Waals surface area contributed by atoms with Gasteiger partial charge in [-0.3, -0.25) is 8.89 Å². The predicted molar refractivity (Wildman–Crippen MR) is 49.1 cm³/mol. The SMILES string of the molecule is Cn1cc(S(=O)[O-])c(C(C)(C)C)n1.[Na+].